The van der Waals surface area contributed by atoms with Gasteiger partial charge in [-0.3, -0.25) is 14.4 Å². The number of aliphatic hydroxyl groups excluding tert-OH is 3. The zero-order valence-electron chi connectivity index (χ0n) is 21.3. The molecule has 2 aliphatic heterocycles. The van der Waals surface area contributed by atoms with Crippen molar-refractivity contribution in [3.63, 3.8) is 0 Å². The van der Waals surface area contributed by atoms with Crippen LogP contribution < -0.4 is 0 Å². The van der Waals surface area contributed by atoms with Crippen LogP contribution in [0.15, 0.2) is 23.0 Å². The number of esters is 3. The van der Waals surface area contributed by atoms with Gasteiger partial charge >= 0.3 is 17.9 Å². The number of ketones is 1. The molecule has 11 heteroatoms. The minimum Gasteiger partial charge on any atom is -0.504 e. The van der Waals surface area contributed by atoms with Crippen LogP contribution in [-0.2, 0) is 38.1 Å². The summed E-state index contributed by atoms with van der Waals surface area (Å²) < 4.78 is 22.8. The maximum atomic E-state index is 13.4. The van der Waals surface area contributed by atoms with E-state index < -0.39 is 88.7 Å². The highest BCUT2D eigenvalue weighted by atomic mass is 16.6. The quantitative estimate of drug-likeness (QED) is 0.349. The van der Waals surface area contributed by atoms with E-state index in [-0.39, 0.29) is 24.3 Å². The Labute approximate surface area is 213 Å². The van der Waals surface area contributed by atoms with Crippen molar-refractivity contribution in [3.05, 3.63) is 23.0 Å². The second kappa shape index (κ2) is 8.12. The largest absolute Gasteiger partial charge is 0.504 e. The lowest BCUT2D eigenvalue weighted by atomic mass is 9.42. The van der Waals surface area contributed by atoms with E-state index in [0.717, 1.165) is 7.11 Å². The molecule has 0 aromatic heterocycles. The molecule has 202 valence electrons. The topological polar surface area (TPSA) is 166 Å². The highest BCUT2D eigenvalue weighted by Gasteiger charge is 2.84. The van der Waals surface area contributed by atoms with Gasteiger partial charge < -0.3 is 34.3 Å². The van der Waals surface area contributed by atoms with Crippen LogP contribution in [0.4, 0.5) is 0 Å². The van der Waals surface area contributed by atoms with Crippen LogP contribution >= 0.6 is 0 Å². The van der Waals surface area contributed by atoms with E-state index in [1.54, 1.807) is 20.8 Å². The molecular formula is C26H32O11. The van der Waals surface area contributed by atoms with Crippen LogP contribution in [0, 0.1) is 28.6 Å². The van der Waals surface area contributed by atoms with E-state index >= 15 is 0 Å². The Bertz CT molecular complexity index is 1150. The highest BCUT2D eigenvalue weighted by Crippen LogP contribution is 2.70. The number of ether oxygens (including phenoxy) is 4. The average molecular weight is 521 g/mol. The van der Waals surface area contributed by atoms with Gasteiger partial charge in [0, 0.05) is 29.7 Å². The molecule has 2 bridgehead atoms. The minimum atomic E-state index is -1.94. The van der Waals surface area contributed by atoms with Gasteiger partial charge in [0.2, 0.25) is 11.9 Å². The third-order valence-electron chi connectivity index (χ3n) is 9.12. The number of Topliss-reactive ketones (excluding diaryl/α,β-unsaturated/α-hetero) is 1. The molecule has 0 radical (unpaired) electrons. The number of hydrogen-bond donors (Lipinski definition) is 3. The summed E-state index contributed by atoms with van der Waals surface area (Å²) >= 11 is 0. The van der Waals surface area contributed by atoms with Gasteiger partial charge in [0.25, 0.3) is 0 Å². The number of carbonyl (C=O) groups excluding carboxylic acids is 4. The Morgan fingerprint density at radius 2 is 1.89 bits per heavy atom. The number of rotatable bonds is 4. The van der Waals surface area contributed by atoms with Gasteiger partial charge in [0.1, 0.15) is 17.1 Å². The van der Waals surface area contributed by atoms with Crippen molar-refractivity contribution < 1.29 is 53.4 Å². The fourth-order valence-electron chi connectivity index (χ4n) is 7.73. The van der Waals surface area contributed by atoms with Gasteiger partial charge in [0.05, 0.1) is 31.8 Å². The maximum absolute atomic E-state index is 13.4. The lowest BCUT2D eigenvalue weighted by Gasteiger charge is -2.65. The molecule has 0 aromatic carbocycles. The molecule has 9 atom stereocenters. The Hall–Kier alpha value is -2.76. The lowest BCUT2D eigenvalue weighted by molar-refractivity contribution is -0.287. The summed E-state index contributed by atoms with van der Waals surface area (Å²) in [6, 6.07) is 0. The zero-order chi connectivity index (χ0) is 27.2. The number of methoxy groups -OCH3 is 1. The first-order valence-corrected chi connectivity index (χ1v) is 12.4. The molecule has 5 rings (SSSR count). The van der Waals surface area contributed by atoms with Crippen molar-refractivity contribution in [2.24, 2.45) is 28.6 Å². The molecular weight excluding hydrogens is 488 g/mol. The molecule has 3 N–H and O–H groups in total. The van der Waals surface area contributed by atoms with Crippen molar-refractivity contribution in [1.82, 2.24) is 0 Å². The van der Waals surface area contributed by atoms with E-state index in [2.05, 4.69) is 0 Å². The van der Waals surface area contributed by atoms with Crippen LogP contribution in [0.3, 0.4) is 0 Å². The number of hydrogen-bond acceptors (Lipinski definition) is 11. The van der Waals surface area contributed by atoms with Crippen molar-refractivity contribution in [2.45, 2.75) is 70.6 Å². The van der Waals surface area contributed by atoms with Gasteiger partial charge in [0.15, 0.2) is 5.76 Å². The number of carbonyl (C=O) groups is 4. The summed E-state index contributed by atoms with van der Waals surface area (Å²) in [4.78, 5) is 52.1. The van der Waals surface area contributed by atoms with Crippen LogP contribution in [-0.4, -0.2) is 82.7 Å². The SMILES string of the molecule is COC(=O)[C@@]12COC34[C@H]1[C@@H](OC(=O)CC(C)C)C(=O)O[C@@H]3CC1=C(C)C(=O)C(O)=C[C@]1(C)[C@H]4[C@@H](O)[C@@H]2O. The standard InChI is InChI=1S/C26H32O11/c1-10(2)6-15(28)37-18-20-25(23(33)34-5)9-35-26(20)14(36-22(18)32)7-12-11(3)16(29)13(27)8-24(12,4)19(26)17(30)21(25)31/h8,10,14,17-21,27,30-31H,6-7,9H2,1-5H3/t14-,17-,18-,19-,20+,21+,24+,25+,26?/m1/s1. The molecule has 37 heavy (non-hydrogen) atoms. The molecule has 11 nitrogen and oxygen atoms in total. The summed E-state index contributed by atoms with van der Waals surface area (Å²) in [5.74, 6) is -6.06. The Balaban J connectivity index is 1.75. The molecule has 1 spiro atoms. The summed E-state index contributed by atoms with van der Waals surface area (Å²) in [6.45, 7) is 6.41. The molecule has 2 saturated heterocycles. The van der Waals surface area contributed by atoms with Gasteiger partial charge in [-0.1, -0.05) is 20.8 Å². The van der Waals surface area contributed by atoms with Gasteiger partial charge in [-0.25, -0.2) is 4.79 Å². The fourth-order valence-corrected chi connectivity index (χ4v) is 7.73. The first kappa shape index (κ1) is 25.9. The van der Waals surface area contributed by atoms with Crippen molar-refractivity contribution in [3.8, 4) is 0 Å². The van der Waals surface area contributed by atoms with Gasteiger partial charge in [-0.2, -0.15) is 0 Å². The molecule has 0 amide bonds. The first-order chi connectivity index (χ1) is 17.3. The van der Waals surface area contributed by atoms with Crippen LogP contribution in [0.5, 0.6) is 0 Å². The summed E-state index contributed by atoms with van der Waals surface area (Å²) in [6.07, 6.45) is -4.75. The Morgan fingerprint density at radius 3 is 2.51 bits per heavy atom. The Morgan fingerprint density at radius 1 is 1.22 bits per heavy atom. The monoisotopic (exact) mass is 520 g/mol. The second-order valence-corrected chi connectivity index (χ2v) is 11.4. The summed E-state index contributed by atoms with van der Waals surface area (Å²) in [7, 11) is 1.12. The van der Waals surface area contributed by atoms with Crippen molar-refractivity contribution in [1.29, 1.82) is 0 Å². The number of fused-ring (bicyclic) bond motifs is 2. The van der Waals surface area contributed by atoms with E-state index in [1.807, 2.05) is 0 Å². The predicted molar refractivity (Wildman–Crippen MR) is 122 cm³/mol. The summed E-state index contributed by atoms with van der Waals surface area (Å²) in [5, 5.41) is 33.7. The molecule has 2 heterocycles. The molecule has 5 aliphatic rings. The Kier molecular flexibility index (Phi) is 5.68. The molecule has 4 fully saturated rings. The van der Waals surface area contributed by atoms with Gasteiger partial charge in [-0.05, 0) is 24.5 Å². The van der Waals surface area contributed by atoms with Crippen LogP contribution in [0.2, 0.25) is 0 Å². The fraction of sp³-hybridized carbons (Fsp3) is 0.692. The molecule has 1 unspecified atom stereocenters. The van der Waals surface area contributed by atoms with Crippen molar-refractivity contribution in [2.75, 3.05) is 13.7 Å². The zero-order valence-corrected chi connectivity index (χ0v) is 21.3. The number of allylic oxidation sites excluding steroid dienone is 2. The normalized spacial score (nSPS) is 44.1. The van der Waals surface area contributed by atoms with E-state index in [0.29, 0.717) is 5.57 Å². The minimum absolute atomic E-state index is 0.00383. The molecule has 3 aliphatic carbocycles. The van der Waals surface area contributed by atoms with Crippen LogP contribution in [0.25, 0.3) is 0 Å². The molecule has 2 saturated carbocycles. The lowest BCUT2D eigenvalue weighted by Crippen LogP contribution is -2.79. The van der Waals surface area contributed by atoms with Crippen LogP contribution in [0.1, 0.15) is 40.5 Å². The second-order valence-electron chi connectivity index (χ2n) is 11.4. The summed E-state index contributed by atoms with van der Waals surface area (Å²) in [5.41, 5.74) is -4.00. The third kappa shape index (κ3) is 3.04. The first-order valence-electron chi connectivity index (χ1n) is 12.4. The van der Waals surface area contributed by atoms with E-state index in [9.17, 15) is 34.5 Å². The maximum Gasteiger partial charge on any atom is 0.348 e. The van der Waals surface area contributed by atoms with E-state index in [4.69, 9.17) is 18.9 Å². The highest BCUT2D eigenvalue weighted by molar-refractivity contribution is 6.08. The van der Waals surface area contributed by atoms with E-state index in [1.165, 1.54) is 13.0 Å². The number of aliphatic hydroxyl groups is 3. The molecule has 0 aromatic rings. The smallest absolute Gasteiger partial charge is 0.348 e. The predicted octanol–water partition coefficient (Wildman–Crippen LogP) is 0.517. The van der Waals surface area contributed by atoms with Crippen molar-refractivity contribution >= 4 is 23.7 Å². The third-order valence-corrected chi connectivity index (χ3v) is 9.12. The average Bonchev–Trinajstić information content (AvgIpc) is 3.12. The van der Waals surface area contributed by atoms with Gasteiger partial charge in [-0.15, -0.1) is 0 Å².